The Kier molecular flexibility index (Phi) is 6.90. The molecule has 0 heterocycles. The fourth-order valence-electron chi connectivity index (χ4n) is 1.32. The van der Waals surface area contributed by atoms with E-state index in [0.29, 0.717) is 19.3 Å². The van der Waals surface area contributed by atoms with Gasteiger partial charge in [-0.25, -0.2) is 4.79 Å². The fraction of sp³-hybridized carbons (Fsp3) is 0.750. The summed E-state index contributed by atoms with van der Waals surface area (Å²) in [7, 11) is 0. The van der Waals surface area contributed by atoms with Crippen LogP contribution in [0.2, 0.25) is 0 Å². The zero-order chi connectivity index (χ0) is 14.3. The first-order chi connectivity index (χ1) is 8.27. The third-order valence-corrected chi connectivity index (χ3v) is 2.76. The van der Waals surface area contributed by atoms with Crippen molar-refractivity contribution in [2.24, 2.45) is 17.2 Å². The lowest BCUT2D eigenvalue weighted by Gasteiger charge is -2.27. The number of ether oxygens (including phenoxy) is 2. The van der Waals surface area contributed by atoms with Gasteiger partial charge < -0.3 is 20.9 Å². The third kappa shape index (κ3) is 5.48. The van der Waals surface area contributed by atoms with Gasteiger partial charge in [0.1, 0.15) is 11.4 Å². The predicted octanol–water partition coefficient (Wildman–Crippen LogP) is 0.906. The molecule has 6 nitrogen and oxygen atoms in total. The molecular weight excluding hydrogens is 234 g/mol. The Morgan fingerprint density at radius 1 is 1.28 bits per heavy atom. The van der Waals surface area contributed by atoms with Crippen molar-refractivity contribution in [1.82, 2.24) is 0 Å². The molecule has 6 N–H and O–H groups in total. The summed E-state index contributed by atoms with van der Waals surface area (Å²) in [4.78, 5) is 11.7. The van der Waals surface area contributed by atoms with E-state index in [4.69, 9.17) is 26.7 Å². The molecule has 0 aliphatic carbocycles. The molecule has 106 valence electrons. The molecule has 0 aliphatic heterocycles. The van der Waals surface area contributed by atoms with E-state index in [1.165, 1.54) is 0 Å². The van der Waals surface area contributed by atoms with Crippen LogP contribution in [0.1, 0.15) is 47.0 Å². The molecule has 0 bridgehead atoms. The monoisotopic (exact) mass is 259 g/mol. The van der Waals surface area contributed by atoms with Gasteiger partial charge in [0, 0.05) is 0 Å². The zero-order valence-electron chi connectivity index (χ0n) is 11.7. The number of esters is 1. The predicted molar refractivity (Wildman–Crippen MR) is 69.8 cm³/mol. The van der Waals surface area contributed by atoms with Crippen molar-refractivity contribution in [2.75, 3.05) is 0 Å². The number of allylic oxidation sites excluding steroid dienone is 1. The summed E-state index contributed by atoms with van der Waals surface area (Å²) in [6.45, 7) is 7.34. The summed E-state index contributed by atoms with van der Waals surface area (Å²) in [5.41, 5.74) is 17.0. The minimum absolute atomic E-state index is 0.0919. The van der Waals surface area contributed by atoms with E-state index in [0.717, 1.165) is 5.57 Å². The first-order valence-electron chi connectivity index (χ1n) is 6.18. The third-order valence-electron chi connectivity index (χ3n) is 2.76. The van der Waals surface area contributed by atoms with Crippen LogP contribution in [0.15, 0.2) is 11.3 Å². The SMILES string of the molecule is CCC(CC)=C(N)C(=O)OC(N)OC(C)(N)CC. The van der Waals surface area contributed by atoms with E-state index in [1.54, 1.807) is 6.92 Å². The van der Waals surface area contributed by atoms with E-state index >= 15 is 0 Å². The van der Waals surface area contributed by atoms with Gasteiger partial charge in [-0.2, -0.15) is 0 Å². The lowest BCUT2D eigenvalue weighted by atomic mass is 10.1. The molecule has 0 aromatic heterocycles. The van der Waals surface area contributed by atoms with E-state index in [-0.39, 0.29) is 5.70 Å². The maximum Gasteiger partial charge on any atom is 0.357 e. The quantitative estimate of drug-likeness (QED) is 0.356. The van der Waals surface area contributed by atoms with Crippen LogP contribution in [0.5, 0.6) is 0 Å². The van der Waals surface area contributed by atoms with Gasteiger partial charge in [0.25, 0.3) is 6.41 Å². The van der Waals surface area contributed by atoms with Crippen LogP contribution in [0.4, 0.5) is 0 Å². The van der Waals surface area contributed by atoms with Crippen LogP contribution in [0, 0.1) is 0 Å². The summed E-state index contributed by atoms with van der Waals surface area (Å²) in [6.07, 6.45) is 0.702. The first kappa shape index (κ1) is 16.9. The summed E-state index contributed by atoms with van der Waals surface area (Å²) < 4.78 is 10.1. The molecule has 0 saturated heterocycles. The normalized spacial score (nSPS) is 15.7. The Balaban J connectivity index is 4.54. The molecule has 0 amide bonds. The highest BCUT2D eigenvalue weighted by atomic mass is 16.7. The largest absolute Gasteiger partial charge is 0.417 e. The minimum Gasteiger partial charge on any atom is -0.417 e. The topological polar surface area (TPSA) is 114 Å². The fourth-order valence-corrected chi connectivity index (χ4v) is 1.32. The average Bonchev–Trinajstić information content (AvgIpc) is 2.29. The Bertz CT molecular complexity index is 308. The minimum atomic E-state index is -1.22. The number of hydrogen-bond acceptors (Lipinski definition) is 6. The van der Waals surface area contributed by atoms with Gasteiger partial charge >= 0.3 is 5.97 Å². The summed E-state index contributed by atoms with van der Waals surface area (Å²) in [5.74, 6) is -0.673. The average molecular weight is 259 g/mol. The van der Waals surface area contributed by atoms with Crippen molar-refractivity contribution in [3.05, 3.63) is 11.3 Å². The Hall–Kier alpha value is -1.11. The molecule has 0 aromatic carbocycles. The van der Waals surface area contributed by atoms with Gasteiger partial charge in [-0.1, -0.05) is 20.8 Å². The van der Waals surface area contributed by atoms with Gasteiger partial charge in [0.2, 0.25) is 0 Å². The van der Waals surface area contributed by atoms with Crippen molar-refractivity contribution in [1.29, 1.82) is 0 Å². The van der Waals surface area contributed by atoms with Crippen LogP contribution < -0.4 is 17.2 Å². The Morgan fingerprint density at radius 2 is 1.78 bits per heavy atom. The molecule has 0 spiro atoms. The van der Waals surface area contributed by atoms with Crippen molar-refractivity contribution in [3.8, 4) is 0 Å². The highest BCUT2D eigenvalue weighted by Crippen LogP contribution is 2.12. The maximum atomic E-state index is 11.7. The lowest BCUT2D eigenvalue weighted by Crippen LogP contribution is -2.46. The number of carbonyl (C=O) groups excluding carboxylic acids is 1. The zero-order valence-corrected chi connectivity index (χ0v) is 11.7. The highest BCUT2D eigenvalue weighted by Gasteiger charge is 2.23. The molecule has 2 unspecified atom stereocenters. The van der Waals surface area contributed by atoms with Crippen LogP contribution in [0.3, 0.4) is 0 Å². The molecule has 0 aromatic rings. The molecule has 0 rings (SSSR count). The molecule has 18 heavy (non-hydrogen) atoms. The molecule has 0 fully saturated rings. The van der Waals surface area contributed by atoms with Gasteiger partial charge in [-0.05, 0) is 31.8 Å². The number of carbonyl (C=O) groups is 1. The van der Waals surface area contributed by atoms with Crippen LogP contribution in [0.25, 0.3) is 0 Å². The second-order valence-corrected chi connectivity index (χ2v) is 4.28. The van der Waals surface area contributed by atoms with Crippen molar-refractivity contribution >= 4 is 5.97 Å². The summed E-state index contributed by atoms with van der Waals surface area (Å²) in [6, 6.07) is 0. The maximum absolute atomic E-state index is 11.7. The second-order valence-electron chi connectivity index (χ2n) is 4.28. The van der Waals surface area contributed by atoms with Crippen molar-refractivity contribution < 1.29 is 14.3 Å². The van der Waals surface area contributed by atoms with Crippen LogP contribution in [-0.2, 0) is 14.3 Å². The first-order valence-corrected chi connectivity index (χ1v) is 6.18. The number of nitrogens with two attached hydrogens (primary N) is 3. The van der Waals surface area contributed by atoms with E-state index in [1.807, 2.05) is 20.8 Å². The summed E-state index contributed by atoms with van der Waals surface area (Å²) >= 11 is 0. The van der Waals surface area contributed by atoms with E-state index < -0.39 is 18.1 Å². The Morgan fingerprint density at radius 3 is 2.17 bits per heavy atom. The van der Waals surface area contributed by atoms with E-state index in [2.05, 4.69) is 0 Å². The van der Waals surface area contributed by atoms with Gasteiger partial charge in [-0.3, -0.25) is 5.73 Å². The van der Waals surface area contributed by atoms with Crippen molar-refractivity contribution in [3.63, 3.8) is 0 Å². The van der Waals surface area contributed by atoms with Gasteiger partial charge in [0.05, 0.1) is 0 Å². The standard InChI is InChI=1S/C12H25N3O3/c1-5-8(6-2)9(13)10(16)17-11(14)18-12(4,15)7-3/h11H,5-7,13-15H2,1-4H3. The number of rotatable bonds is 7. The smallest absolute Gasteiger partial charge is 0.357 e. The van der Waals surface area contributed by atoms with E-state index in [9.17, 15) is 4.79 Å². The van der Waals surface area contributed by atoms with Gasteiger partial charge in [-0.15, -0.1) is 0 Å². The molecular formula is C12H25N3O3. The Labute approximate surface area is 108 Å². The molecule has 0 aliphatic rings. The molecule has 0 saturated carbocycles. The van der Waals surface area contributed by atoms with Crippen LogP contribution >= 0.6 is 0 Å². The van der Waals surface area contributed by atoms with Crippen molar-refractivity contribution in [2.45, 2.75) is 59.1 Å². The van der Waals surface area contributed by atoms with Gasteiger partial charge in [0.15, 0.2) is 0 Å². The molecule has 6 heteroatoms. The lowest BCUT2D eigenvalue weighted by molar-refractivity contribution is -0.204. The summed E-state index contributed by atoms with van der Waals surface area (Å²) in [5, 5.41) is 0. The second kappa shape index (κ2) is 7.35. The molecule has 2 atom stereocenters. The highest BCUT2D eigenvalue weighted by molar-refractivity contribution is 5.88. The van der Waals surface area contributed by atoms with Crippen LogP contribution in [-0.4, -0.2) is 18.1 Å². The molecule has 0 radical (unpaired) electrons. The number of hydrogen-bond donors (Lipinski definition) is 3.